The number of hydrogen-bond donors (Lipinski definition) is 1. The summed E-state index contributed by atoms with van der Waals surface area (Å²) in [5, 5.41) is 0. The number of rotatable bonds is 1. The normalized spacial score (nSPS) is 38.8. The molecule has 2 aliphatic rings. The second kappa shape index (κ2) is 3.73. The number of nitrogens with two attached hydrogens (primary N) is 1. The molecule has 2 aliphatic heterocycles. The smallest absolute Gasteiger partial charge is 0.0621 e. The van der Waals surface area contributed by atoms with Crippen LogP contribution in [0.1, 0.15) is 19.3 Å². The summed E-state index contributed by atoms with van der Waals surface area (Å²) in [5.41, 5.74) is 5.85. The second-order valence-corrected chi connectivity index (χ2v) is 3.91. The molecule has 2 rings (SSSR count). The van der Waals surface area contributed by atoms with Crippen molar-refractivity contribution in [1.82, 2.24) is 4.90 Å². The average molecular weight is 170 g/mol. The Morgan fingerprint density at radius 2 is 2.25 bits per heavy atom. The molecule has 2 fully saturated rings. The Labute approximate surface area is 73.9 Å². The third kappa shape index (κ3) is 1.79. The Kier molecular flexibility index (Phi) is 2.63. The molecular weight excluding hydrogens is 152 g/mol. The summed E-state index contributed by atoms with van der Waals surface area (Å²) in [6.45, 7) is 4.13. The van der Waals surface area contributed by atoms with E-state index in [-0.39, 0.29) is 0 Å². The minimum Gasteiger partial charge on any atom is -0.380 e. The van der Waals surface area contributed by atoms with Crippen LogP contribution in [0.25, 0.3) is 0 Å². The van der Waals surface area contributed by atoms with E-state index in [0.717, 1.165) is 26.2 Å². The van der Waals surface area contributed by atoms with Crippen LogP contribution in [0.5, 0.6) is 0 Å². The van der Waals surface area contributed by atoms with Gasteiger partial charge in [-0.1, -0.05) is 0 Å². The monoisotopic (exact) mass is 170 g/mol. The van der Waals surface area contributed by atoms with E-state index in [1.807, 2.05) is 0 Å². The van der Waals surface area contributed by atoms with Crippen molar-refractivity contribution < 1.29 is 4.74 Å². The fraction of sp³-hybridized carbons (Fsp3) is 1.00. The number of ether oxygens (including phenoxy) is 1. The van der Waals surface area contributed by atoms with Crippen molar-refractivity contribution in [3.63, 3.8) is 0 Å². The molecule has 0 aromatic rings. The third-order valence-electron chi connectivity index (χ3n) is 2.91. The molecular formula is C9H18N2O. The van der Waals surface area contributed by atoms with Crippen molar-refractivity contribution in [2.45, 2.75) is 31.3 Å². The van der Waals surface area contributed by atoms with Crippen LogP contribution in [0, 0.1) is 0 Å². The highest BCUT2D eigenvalue weighted by molar-refractivity contribution is 4.84. The Morgan fingerprint density at radius 3 is 2.83 bits per heavy atom. The van der Waals surface area contributed by atoms with Gasteiger partial charge >= 0.3 is 0 Å². The van der Waals surface area contributed by atoms with Gasteiger partial charge in [0.2, 0.25) is 0 Å². The van der Waals surface area contributed by atoms with Crippen LogP contribution in [-0.4, -0.2) is 43.3 Å². The predicted molar refractivity (Wildman–Crippen MR) is 48.0 cm³/mol. The molecule has 2 heterocycles. The molecule has 0 aromatic heterocycles. The predicted octanol–water partition coefficient (Wildman–Crippen LogP) is 0.198. The molecule has 2 unspecified atom stereocenters. The largest absolute Gasteiger partial charge is 0.380 e. The molecule has 0 aliphatic carbocycles. The van der Waals surface area contributed by atoms with Crippen molar-refractivity contribution in [2.75, 3.05) is 26.3 Å². The second-order valence-electron chi connectivity index (χ2n) is 3.91. The highest BCUT2D eigenvalue weighted by Gasteiger charge is 2.27. The van der Waals surface area contributed by atoms with Gasteiger partial charge in [0.1, 0.15) is 0 Å². The van der Waals surface area contributed by atoms with E-state index in [4.69, 9.17) is 10.5 Å². The van der Waals surface area contributed by atoms with E-state index in [2.05, 4.69) is 4.90 Å². The Morgan fingerprint density at radius 1 is 1.33 bits per heavy atom. The van der Waals surface area contributed by atoms with Gasteiger partial charge in [0.25, 0.3) is 0 Å². The lowest BCUT2D eigenvalue weighted by atomic mass is 10.1. The number of likely N-dealkylation sites (tertiary alicyclic amines) is 1. The van der Waals surface area contributed by atoms with Gasteiger partial charge in [0.05, 0.1) is 6.61 Å². The van der Waals surface area contributed by atoms with Gasteiger partial charge in [0, 0.05) is 31.8 Å². The van der Waals surface area contributed by atoms with E-state index in [1.165, 1.54) is 19.4 Å². The zero-order chi connectivity index (χ0) is 8.39. The Bertz CT molecular complexity index is 143. The molecule has 0 saturated carbocycles. The first-order valence-corrected chi connectivity index (χ1v) is 4.93. The van der Waals surface area contributed by atoms with Gasteiger partial charge < -0.3 is 10.5 Å². The summed E-state index contributed by atoms with van der Waals surface area (Å²) in [5.74, 6) is 0. The number of nitrogens with zero attached hydrogens (tertiary/aromatic N) is 1. The highest BCUT2D eigenvalue weighted by atomic mass is 16.5. The van der Waals surface area contributed by atoms with Crippen LogP contribution in [0.2, 0.25) is 0 Å². The zero-order valence-corrected chi connectivity index (χ0v) is 7.54. The quantitative estimate of drug-likeness (QED) is 0.611. The van der Waals surface area contributed by atoms with Gasteiger partial charge in [0.15, 0.2) is 0 Å². The first-order chi connectivity index (χ1) is 5.86. The number of hydrogen-bond acceptors (Lipinski definition) is 3. The van der Waals surface area contributed by atoms with Crippen LogP contribution in [0.3, 0.4) is 0 Å². The molecule has 0 bridgehead atoms. The fourth-order valence-electron chi connectivity index (χ4n) is 2.16. The maximum Gasteiger partial charge on any atom is 0.0621 e. The lowest BCUT2D eigenvalue weighted by Crippen LogP contribution is -2.40. The molecule has 0 amide bonds. The molecule has 2 saturated heterocycles. The summed E-state index contributed by atoms with van der Waals surface area (Å²) in [6.07, 6.45) is 3.68. The van der Waals surface area contributed by atoms with Crippen LogP contribution < -0.4 is 5.73 Å². The summed E-state index contributed by atoms with van der Waals surface area (Å²) >= 11 is 0. The van der Waals surface area contributed by atoms with E-state index in [1.54, 1.807) is 0 Å². The maximum atomic E-state index is 5.85. The minimum absolute atomic E-state index is 0.409. The Balaban J connectivity index is 1.83. The van der Waals surface area contributed by atoms with E-state index in [9.17, 15) is 0 Å². The van der Waals surface area contributed by atoms with Crippen molar-refractivity contribution in [3.05, 3.63) is 0 Å². The zero-order valence-electron chi connectivity index (χ0n) is 7.54. The van der Waals surface area contributed by atoms with Gasteiger partial charge in [-0.3, -0.25) is 4.90 Å². The van der Waals surface area contributed by atoms with Crippen molar-refractivity contribution >= 4 is 0 Å². The van der Waals surface area contributed by atoms with Crippen LogP contribution >= 0.6 is 0 Å². The van der Waals surface area contributed by atoms with E-state index >= 15 is 0 Å². The molecule has 2 N–H and O–H groups in total. The summed E-state index contributed by atoms with van der Waals surface area (Å²) < 4.78 is 5.45. The van der Waals surface area contributed by atoms with Crippen LogP contribution in [0.15, 0.2) is 0 Å². The van der Waals surface area contributed by atoms with E-state index in [0.29, 0.717) is 12.1 Å². The van der Waals surface area contributed by atoms with Gasteiger partial charge in [-0.25, -0.2) is 0 Å². The van der Waals surface area contributed by atoms with Gasteiger partial charge in [-0.05, 0) is 19.3 Å². The summed E-state index contributed by atoms with van der Waals surface area (Å²) in [4.78, 5) is 2.49. The first-order valence-electron chi connectivity index (χ1n) is 4.93. The molecule has 0 spiro atoms. The lowest BCUT2D eigenvalue weighted by Gasteiger charge is -2.30. The summed E-state index contributed by atoms with van der Waals surface area (Å²) in [7, 11) is 0. The molecule has 3 heteroatoms. The molecule has 3 nitrogen and oxygen atoms in total. The molecule has 12 heavy (non-hydrogen) atoms. The van der Waals surface area contributed by atoms with Crippen molar-refractivity contribution in [3.8, 4) is 0 Å². The lowest BCUT2D eigenvalue weighted by molar-refractivity contribution is 0.0264. The molecule has 2 atom stereocenters. The molecule has 70 valence electrons. The molecule has 0 radical (unpaired) electrons. The SMILES string of the molecule is NC1CCN(C2CCCOC2)C1. The average Bonchev–Trinajstić information content (AvgIpc) is 2.54. The highest BCUT2D eigenvalue weighted by Crippen LogP contribution is 2.18. The standard InChI is InChI=1S/C9H18N2O/c10-8-3-4-11(6-8)9-2-1-5-12-7-9/h8-9H,1-7,10H2. The topological polar surface area (TPSA) is 38.5 Å². The molecule has 0 aromatic carbocycles. The maximum absolute atomic E-state index is 5.85. The van der Waals surface area contributed by atoms with E-state index < -0.39 is 0 Å². The van der Waals surface area contributed by atoms with Crippen molar-refractivity contribution in [2.24, 2.45) is 5.73 Å². The van der Waals surface area contributed by atoms with Crippen LogP contribution in [0.4, 0.5) is 0 Å². The summed E-state index contributed by atoms with van der Waals surface area (Å²) in [6, 6.07) is 1.07. The van der Waals surface area contributed by atoms with Crippen molar-refractivity contribution in [1.29, 1.82) is 0 Å². The van der Waals surface area contributed by atoms with Gasteiger partial charge in [-0.15, -0.1) is 0 Å². The third-order valence-corrected chi connectivity index (χ3v) is 2.91. The van der Waals surface area contributed by atoms with Gasteiger partial charge in [-0.2, -0.15) is 0 Å². The fourth-order valence-corrected chi connectivity index (χ4v) is 2.16. The Hall–Kier alpha value is -0.120. The van der Waals surface area contributed by atoms with Crippen LogP contribution in [-0.2, 0) is 4.74 Å². The first kappa shape index (κ1) is 8.48. The minimum atomic E-state index is 0.409.